The van der Waals surface area contributed by atoms with Crippen LogP contribution in [0.15, 0.2) is 0 Å². The molecule has 0 rings (SSSR count). The maximum atomic E-state index is 0. The van der Waals surface area contributed by atoms with Crippen LogP contribution in [-0.2, 0) is 17.1 Å². The Labute approximate surface area is 141 Å². The third kappa shape index (κ3) is 9.89. The topological polar surface area (TPSA) is 0 Å². The minimum Gasteiger partial charge on any atom is 0 e. The van der Waals surface area contributed by atoms with E-state index in [-0.39, 0.29) is 146 Å². The zero-order chi connectivity index (χ0) is 0. The van der Waals surface area contributed by atoms with Crippen molar-refractivity contribution in [2.45, 2.75) is 0 Å². The molecule has 0 saturated carbocycles. The standard InChI is InChI=1S/Ba.Cu.Gd.Sm.2H. The molecule has 0 aromatic heterocycles. The SMILES string of the molecule is [BaH2].[Cu].[Gd].[Sm]. The van der Waals surface area contributed by atoms with Crippen molar-refractivity contribution in [1.29, 1.82) is 0 Å². The molecule has 0 unspecified atom stereocenters. The molecule has 4 heavy (non-hydrogen) atoms. The molecule has 1 radical (unpaired) electrons. The van der Waals surface area contributed by atoms with Crippen molar-refractivity contribution >= 4 is 48.9 Å². The molecule has 0 N–H and O–H groups in total. The van der Waals surface area contributed by atoms with Gasteiger partial charge in [0.1, 0.15) is 0 Å². The van der Waals surface area contributed by atoms with E-state index in [0.717, 1.165) is 0 Å². The summed E-state index contributed by atoms with van der Waals surface area (Å²) < 4.78 is 0. The van der Waals surface area contributed by atoms with Gasteiger partial charge in [-0.3, -0.25) is 0 Å². The first-order valence-electron chi connectivity index (χ1n) is 0. The Bertz CT molecular complexity index is 8.00. The third-order valence-electron chi connectivity index (χ3n) is 0. The quantitative estimate of drug-likeness (QED) is 0.370. The molecule has 29 valence electrons. The van der Waals surface area contributed by atoms with E-state index in [9.17, 15) is 0 Å². The average molecular weight is 510 g/mol. The van der Waals surface area contributed by atoms with E-state index in [1.807, 2.05) is 0 Å². The number of hydrogen-bond donors (Lipinski definition) is 0. The Morgan fingerprint density at radius 1 is 1.00 bits per heavy atom. The van der Waals surface area contributed by atoms with Crippen LogP contribution in [0.4, 0.5) is 0 Å². The van der Waals surface area contributed by atoms with Crippen molar-refractivity contribution in [3.8, 4) is 0 Å². The Morgan fingerprint density at radius 3 is 1.00 bits per heavy atom. The zero-order valence-electron chi connectivity index (χ0n) is 1.06. The second-order valence-corrected chi connectivity index (χ2v) is 0. The van der Waals surface area contributed by atoms with Gasteiger partial charge < -0.3 is 0 Å². The number of hydrogen-bond acceptors (Lipinski definition) is 0. The van der Waals surface area contributed by atoms with Crippen LogP contribution in [0.5, 0.6) is 0 Å². The van der Waals surface area contributed by atoms with Crippen LogP contribution in [0.3, 0.4) is 0 Å². The summed E-state index contributed by atoms with van der Waals surface area (Å²) in [6, 6.07) is 0. The average Bonchev–Trinajstić information content (AvgIpc) is 0. The van der Waals surface area contributed by atoms with Crippen LogP contribution in [0.25, 0.3) is 0 Å². The summed E-state index contributed by atoms with van der Waals surface area (Å²) in [7, 11) is 0. The molecule has 0 heterocycles. The van der Waals surface area contributed by atoms with Gasteiger partial charge in [-0.1, -0.05) is 0 Å². The molecular formula is H2BaCuGdSm. The van der Waals surface area contributed by atoms with Crippen molar-refractivity contribution < 1.29 is 97.4 Å². The van der Waals surface area contributed by atoms with Crippen LogP contribution in [0.1, 0.15) is 0 Å². The van der Waals surface area contributed by atoms with Crippen LogP contribution in [0.2, 0.25) is 0 Å². The zero-order valence-corrected chi connectivity index (χ0v) is 6.89. The second kappa shape index (κ2) is 15.7. The molecule has 0 atom stereocenters. The van der Waals surface area contributed by atoms with Gasteiger partial charge in [-0.15, -0.1) is 0 Å². The third-order valence-corrected chi connectivity index (χ3v) is 0. The van der Waals surface area contributed by atoms with Gasteiger partial charge >= 0.3 is 48.9 Å². The smallest absolute Gasteiger partial charge is 0 e. The monoisotopic (exact) mass is 513 g/mol. The minimum atomic E-state index is 0. The van der Waals surface area contributed by atoms with E-state index in [1.165, 1.54) is 0 Å². The summed E-state index contributed by atoms with van der Waals surface area (Å²) in [6.07, 6.45) is 0. The predicted molar refractivity (Wildman–Crippen MR) is 8.54 cm³/mol. The summed E-state index contributed by atoms with van der Waals surface area (Å²) in [5.41, 5.74) is 0. The van der Waals surface area contributed by atoms with Gasteiger partial charge in [0.15, 0.2) is 0 Å². The molecule has 0 aliphatic carbocycles. The molecule has 0 aliphatic rings. The molecule has 0 aromatic carbocycles. The molecule has 0 fully saturated rings. The molecule has 4 heteroatoms. The molecule has 0 aromatic rings. The van der Waals surface area contributed by atoms with Crippen molar-refractivity contribution in [2.24, 2.45) is 0 Å². The van der Waals surface area contributed by atoms with Gasteiger partial charge in [0.2, 0.25) is 0 Å². The molecule has 0 nitrogen and oxygen atoms in total. The van der Waals surface area contributed by atoms with E-state index in [2.05, 4.69) is 0 Å². The first-order chi connectivity index (χ1) is 0. The van der Waals surface area contributed by atoms with Gasteiger partial charge in [0, 0.05) is 97.4 Å². The Balaban J connectivity index is 0. The van der Waals surface area contributed by atoms with Crippen LogP contribution in [0, 0.1) is 80.3 Å². The Morgan fingerprint density at radius 2 is 1.00 bits per heavy atom. The maximum Gasteiger partial charge on any atom is 0 e. The normalized spacial score (nSPS) is 0. The number of rotatable bonds is 0. The van der Waals surface area contributed by atoms with Gasteiger partial charge in [-0.25, -0.2) is 0 Å². The van der Waals surface area contributed by atoms with Crippen LogP contribution < -0.4 is 0 Å². The fourth-order valence-corrected chi connectivity index (χ4v) is 0. The predicted octanol–water partition coefficient (Wildman–Crippen LogP) is -0.919. The summed E-state index contributed by atoms with van der Waals surface area (Å²) in [6.45, 7) is 0. The Hall–Kier alpha value is 4.75. The first-order valence-corrected chi connectivity index (χ1v) is 0. The van der Waals surface area contributed by atoms with Crippen molar-refractivity contribution in [3.63, 3.8) is 0 Å². The Kier molecular flexibility index (Phi) is 91.1. The molecule has 0 amide bonds. The molecular weight excluding hydrogens is 508 g/mol. The summed E-state index contributed by atoms with van der Waals surface area (Å²) in [5.74, 6) is 0. The minimum absolute atomic E-state index is 0. The van der Waals surface area contributed by atoms with Crippen LogP contribution in [-0.4, -0.2) is 48.9 Å². The van der Waals surface area contributed by atoms with Gasteiger partial charge in [0.25, 0.3) is 0 Å². The fraction of sp³-hybridized carbons (Fsp3) is 0. The summed E-state index contributed by atoms with van der Waals surface area (Å²) >= 11 is 0. The van der Waals surface area contributed by atoms with E-state index < -0.39 is 0 Å². The van der Waals surface area contributed by atoms with Gasteiger partial charge in [-0.2, -0.15) is 0 Å². The summed E-state index contributed by atoms with van der Waals surface area (Å²) in [5, 5.41) is 0. The van der Waals surface area contributed by atoms with Crippen molar-refractivity contribution in [3.05, 3.63) is 0 Å². The van der Waals surface area contributed by atoms with Crippen molar-refractivity contribution in [2.75, 3.05) is 0 Å². The summed E-state index contributed by atoms with van der Waals surface area (Å²) in [4.78, 5) is 0. The van der Waals surface area contributed by atoms with E-state index in [0.29, 0.717) is 0 Å². The second-order valence-electron chi connectivity index (χ2n) is 0. The molecule has 0 saturated heterocycles. The first kappa shape index (κ1) is 23.3. The van der Waals surface area contributed by atoms with E-state index in [4.69, 9.17) is 0 Å². The van der Waals surface area contributed by atoms with Crippen molar-refractivity contribution in [1.82, 2.24) is 0 Å². The molecule has 0 bridgehead atoms. The maximum absolute atomic E-state index is 0. The van der Waals surface area contributed by atoms with Gasteiger partial charge in [-0.05, 0) is 0 Å². The van der Waals surface area contributed by atoms with E-state index in [1.54, 1.807) is 0 Å². The molecule has 0 spiro atoms. The van der Waals surface area contributed by atoms with Gasteiger partial charge in [0.05, 0.1) is 0 Å². The largest absolute Gasteiger partial charge is 0 e. The fourth-order valence-electron chi connectivity index (χ4n) is 0. The van der Waals surface area contributed by atoms with Crippen LogP contribution >= 0.6 is 0 Å². The molecule has 0 aliphatic heterocycles. The van der Waals surface area contributed by atoms with E-state index >= 15 is 0 Å².